The number of pyridine rings is 2. The van der Waals surface area contributed by atoms with E-state index in [1.54, 1.807) is 21.9 Å². The number of aryl methyl sites for hydroxylation is 1. The smallest absolute Gasteiger partial charge is 0.350 e. The third-order valence-corrected chi connectivity index (χ3v) is 5.94. The molecule has 1 amide bonds. The molecule has 4 heterocycles. The van der Waals surface area contributed by atoms with Gasteiger partial charge in [-0.25, -0.2) is 14.3 Å². The zero-order chi connectivity index (χ0) is 23.0. The second-order valence-electron chi connectivity index (χ2n) is 8.48. The minimum Gasteiger partial charge on any atom is -0.350 e. The summed E-state index contributed by atoms with van der Waals surface area (Å²) in [6.45, 7) is 13.3. The number of fused-ring (bicyclic) bond motifs is 1. The highest BCUT2D eigenvalue weighted by Crippen LogP contribution is 2.29. The van der Waals surface area contributed by atoms with Crippen molar-refractivity contribution in [3.05, 3.63) is 65.0 Å². The lowest BCUT2D eigenvalue weighted by Crippen LogP contribution is -2.54. The van der Waals surface area contributed by atoms with Crippen LogP contribution in [0.25, 0.3) is 16.7 Å². The molecule has 0 spiro atoms. The summed E-state index contributed by atoms with van der Waals surface area (Å²) in [6, 6.07) is 5.68. The molecular formula is C24H28N6O2. The highest BCUT2D eigenvalue weighted by molar-refractivity contribution is 5.89. The summed E-state index contributed by atoms with van der Waals surface area (Å²) < 4.78 is 1.58. The van der Waals surface area contributed by atoms with Crippen LogP contribution in [0.2, 0.25) is 0 Å². The zero-order valence-electron chi connectivity index (χ0n) is 18.9. The molecule has 32 heavy (non-hydrogen) atoms. The highest BCUT2D eigenvalue weighted by atomic mass is 16.2. The molecule has 1 fully saturated rings. The predicted molar refractivity (Wildman–Crippen MR) is 125 cm³/mol. The predicted octanol–water partition coefficient (Wildman–Crippen LogP) is 2.83. The molecule has 0 radical (unpaired) electrons. The van der Waals surface area contributed by atoms with Gasteiger partial charge in [0.2, 0.25) is 5.91 Å². The quantitative estimate of drug-likeness (QED) is 0.590. The first kappa shape index (κ1) is 21.7. The lowest BCUT2D eigenvalue weighted by molar-refractivity contribution is -0.126. The first-order chi connectivity index (χ1) is 15.3. The van der Waals surface area contributed by atoms with Crippen molar-refractivity contribution in [1.29, 1.82) is 0 Å². The number of rotatable bonds is 4. The molecule has 8 nitrogen and oxygen atoms in total. The fraction of sp³-hybridized carbons (Fsp3) is 0.375. The van der Waals surface area contributed by atoms with E-state index in [9.17, 15) is 9.59 Å². The largest absolute Gasteiger partial charge is 0.355 e. The van der Waals surface area contributed by atoms with E-state index in [2.05, 4.69) is 40.3 Å². The van der Waals surface area contributed by atoms with Gasteiger partial charge >= 0.3 is 5.69 Å². The maximum Gasteiger partial charge on any atom is 0.355 e. The van der Waals surface area contributed by atoms with Crippen molar-refractivity contribution in [2.24, 2.45) is 0 Å². The van der Waals surface area contributed by atoms with Gasteiger partial charge in [0.05, 0.1) is 16.8 Å². The molecule has 166 valence electrons. The number of carbonyl (C=O) groups is 1. The van der Waals surface area contributed by atoms with Crippen LogP contribution in [0.3, 0.4) is 0 Å². The number of aromatic nitrogens is 4. The van der Waals surface area contributed by atoms with Gasteiger partial charge in [0.15, 0.2) is 5.65 Å². The van der Waals surface area contributed by atoms with Crippen molar-refractivity contribution in [2.45, 2.75) is 39.7 Å². The number of nitrogens with zero attached hydrogens (tertiary/aromatic N) is 6. The standard InChI is InChI=1S/C24H28N6O2/c1-6-19(31)28-12-13-29(17(5)14-28)23-18-8-7-10-26-22(18)30(24(32)27-23)21-16(4)9-11-25-20(21)15(2)3/h6-11,15,17H,1,12-14H2,2-5H3/t17-/m0/s1. The molecular weight excluding hydrogens is 404 g/mol. The van der Waals surface area contributed by atoms with Crippen LogP contribution in [0, 0.1) is 6.92 Å². The van der Waals surface area contributed by atoms with Gasteiger partial charge in [-0.05, 0) is 49.6 Å². The van der Waals surface area contributed by atoms with E-state index in [4.69, 9.17) is 0 Å². The lowest BCUT2D eigenvalue weighted by Gasteiger charge is -2.40. The normalized spacial score (nSPS) is 16.6. The van der Waals surface area contributed by atoms with E-state index in [1.165, 1.54) is 6.08 Å². The van der Waals surface area contributed by atoms with Gasteiger partial charge in [0, 0.05) is 38.1 Å². The van der Waals surface area contributed by atoms with Crippen LogP contribution in [0.1, 0.15) is 37.9 Å². The van der Waals surface area contributed by atoms with E-state index in [0.717, 1.165) is 22.3 Å². The van der Waals surface area contributed by atoms with E-state index >= 15 is 0 Å². The van der Waals surface area contributed by atoms with Crippen LogP contribution in [0.5, 0.6) is 0 Å². The van der Waals surface area contributed by atoms with E-state index in [1.807, 2.05) is 32.0 Å². The van der Waals surface area contributed by atoms with Gasteiger partial charge in [-0.1, -0.05) is 20.4 Å². The van der Waals surface area contributed by atoms with Crippen LogP contribution in [-0.2, 0) is 4.79 Å². The fourth-order valence-electron chi connectivity index (χ4n) is 4.35. The Hall–Kier alpha value is -3.55. The number of amides is 1. The summed E-state index contributed by atoms with van der Waals surface area (Å²) in [5, 5.41) is 0.792. The van der Waals surface area contributed by atoms with Crippen molar-refractivity contribution >= 4 is 22.8 Å². The molecule has 1 aliphatic rings. The Labute approximate surface area is 187 Å². The zero-order valence-corrected chi connectivity index (χ0v) is 18.9. The summed E-state index contributed by atoms with van der Waals surface area (Å²) >= 11 is 0. The van der Waals surface area contributed by atoms with Crippen molar-refractivity contribution in [3.8, 4) is 5.69 Å². The van der Waals surface area contributed by atoms with Gasteiger partial charge in [-0.3, -0.25) is 9.78 Å². The van der Waals surface area contributed by atoms with Crippen molar-refractivity contribution in [3.63, 3.8) is 0 Å². The van der Waals surface area contributed by atoms with Gasteiger partial charge in [-0.2, -0.15) is 4.98 Å². The lowest BCUT2D eigenvalue weighted by atomic mass is 10.0. The van der Waals surface area contributed by atoms with Crippen molar-refractivity contribution in [2.75, 3.05) is 24.5 Å². The number of hydrogen-bond donors (Lipinski definition) is 0. The molecule has 3 aromatic rings. The average molecular weight is 433 g/mol. The summed E-state index contributed by atoms with van der Waals surface area (Å²) in [7, 11) is 0. The Bertz CT molecular complexity index is 1250. The van der Waals surface area contributed by atoms with Crippen LogP contribution in [-0.4, -0.2) is 56.0 Å². The topological polar surface area (TPSA) is 84.2 Å². The first-order valence-electron chi connectivity index (χ1n) is 10.8. The highest BCUT2D eigenvalue weighted by Gasteiger charge is 2.29. The summed E-state index contributed by atoms with van der Waals surface area (Å²) in [4.78, 5) is 43.0. The number of piperazine rings is 1. The molecule has 1 aliphatic heterocycles. The van der Waals surface area contributed by atoms with E-state index < -0.39 is 0 Å². The third-order valence-electron chi connectivity index (χ3n) is 5.94. The van der Waals surface area contributed by atoms with Crippen molar-refractivity contribution in [1.82, 2.24) is 24.4 Å². The molecule has 0 aromatic carbocycles. The van der Waals surface area contributed by atoms with Crippen molar-refractivity contribution < 1.29 is 4.79 Å². The maximum atomic E-state index is 13.4. The van der Waals surface area contributed by atoms with Gasteiger partial charge < -0.3 is 9.80 Å². The molecule has 0 aliphatic carbocycles. The minimum atomic E-state index is -0.388. The molecule has 0 bridgehead atoms. The average Bonchev–Trinajstić information content (AvgIpc) is 2.78. The minimum absolute atomic E-state index is 0.00911. The summed E-state index contributed by atoms with van der Waals surface area (Å²) in [6.07, 6.45) is 4.79. The molecule has 3 aromatic heterocycles. The van der Waals surface area contributed by atoms with E-state index in [-0.39, 0.29) is 23.6 Å². The summed E-state index contributed by atoms with van der Waals surface area (Å²) in [5.41, 5.74) is 2.68. The van der Waals surface area contributed by atoms with E-state index in [0.29, 0.717) is 31.1 Å². The number of hydrogen-bond acceptors (Lipinski definition) is 6. The second kappa shape index (κ2) is 8.53. The van der Waals surface area contributed by atoms with Crippen LogP contribution >= 0.6 is 0 Å². The monoisotopic (exact) mass is 432 g/mol. The maximum absolute atomic E-state index is 13.4. The van der Waals surface area contributed by atoms with Crippen LogP contribution < -0.4 is 10.6 Å². The third kappa shape index (κ3) is 3.66. The molecule has 1 atom stereocenters. The Morgan fingerprint density at radius 3 is 2.69 bits per heavy atom. The molecule has 0 unspecified atom stereocenters. The van der Waals surface area contributed by atoms with Crippen LogP contribution in [0.4, 0.5) is 5.82 Å². The Kier molecular flexibility index (Phi) is 5.78. The number of anilines is 1. The Balaban J connectivity index is 1.89. The molecule has 1 saturated heterocycles. The molecule has 0 saturated carbocycles. The number of carbonyl (C=O) groups excluding carboxylic acids is 1. The summed E-state index contributed by atoms with van der Waals surface area (Å²) in [5.74, 6) is 0.644. The Morgan fingerprint density at radius 1 is 1.22 bits per heavy atom. The Morgan fingerprint density at radius 2 is 2.00 bits per heavy atom. The van der Waals surface area contributed by atoms with Gasteiger partial charge in [0.25, 0.3) is 0 Å². The van der Waals surface area contributed by atoms with Gasteiger partial charge in [0.1, 0.15) is 5.82 Å². The molecule has 8 heteroatoms. The fourth-order valence-corrected chi connectivity index (χ4v) is 4.35. The van der Waals surface area contributed by atoms with Gasteiger partial charge in [-0.15, -0.1) is 0 Å². The van der Waals surface area contributed by atoms with Crippen LogP contribution in [0.15, 0.2) is 48.0 Å². The first-order valence-corrected chi connectivity index (χ1v) is 10.8. The molecule has 4 rings (SSSR count). The SMILES string of the molecule is C=CC(=O)N1CCN(c2nc(=O)n(-c3c(C)ccnc3C(C)C)c3ncccc23)[C@@H](C)C1. The molecule has 0 N–H and O–H groups in total. The second-order valence-corrected chi connectivity index (χ2v) is 8.48.